The van der Waals surface area contributed by atoms with E-state index in [0.29, 0.717) is 33.9 Å². The topological polar surface area (TPSA) is 193 Å². The van der Waals surface area contributed by atoms with Gasteiger partial charge in [-0.15, -0.1) is 0 Å². The number of ketones is 1. The van der Waals surface area contributed by atoms with Crippen LogP contribution in [0.1, 0.15) is 43.7 Å². The molecule has 0 bridgehead atoms. The van der Waals surface area contributed by atoms with Crippen molar-refractivity contribution in [3.63, 3.8) is 0 Å². The van der Waals surface area contributed by atoms with E-state index in [4.69, 9.17) is 29.4 Å². The molecule has 0 radical (unpaired) electrons. The largest absolute Gasteiger partial charge is 0.497 e. The van der Waals surface area contributed by atoms with Crippen LogP contribution < -0.4 is 25.5 Å². The first kappa shape index (κ1) is 39.2. The van der Waals surface area contributed by atoms with Gasteiger partial charge in [-0.2, -0.15) is 4.98 Å². The van der Waals surface area contributed by atoms with Crippen molar-refractivity contribution in [3.8, 4) is 17.2 Å². The number of aliphatic hydroxyl groups excluding tert-OH is 2. The molecule has 0 spiro atoms. The highest BCUT2D eigenvalue weighted by Gasteiger charge is 2.66. The Morgan fingerprint density at radius 2 is 1.35 bits per heavy atom. The van der Waals surface area contributed by atoms with Gasteiger partial charge in [0.05, 0.1) is 20.5 Å². The molecule has 1 fully saturated rings. The van der Waals surface area contributed by atoms with Crippen molar-refractivity contribution in [2.24, 2.45) is 5.41 Å². The Morgan fingerprint density at radius 3 is 1.89 bits per heavy atom. The number of rotatable bonds is 13. The first-order chi connectivity index (χ1) is 27.3. The molecule has 0 aliphatic carbocycles. The third kappa shape index (κ3) is 6.90. The molecular weight excluding hydrogens is 730 g/mol. The third-order valence-corrected chi connectivity index (χ3v) is 10.5. The van der Waals surface area contributed by atoms with Gasteiger partial charge < -0.3 is 39.6 Å². The Balaban J connectivity index is 1.49. The summed E-state index contributed by atoms with van der Waals surface area (Å²) in [7, 11) is 3.14. The minimum Gasteiger partial charge on any atom is -0.497 e. The lowest BCUT2D eigenvalue weighted by atomic mass is 9.67. The summed E-state index contributed by atoms with van der Waals surface area (Å²) in [4.78, 5) is 39.1. The number of carbonyl (C=O) groups excluding carboxylic acids is 1. The van der Waals surface area contributed by atoms with Gasteiger partial charge in [0.15, 0.2) is 23.0 Å². The van der Waals surface area contributed by atoms with Crippen LogP contribution in [0.5, 0.6) is 17.2 Å². The van der Waals surface area contributed by atoms with Gasteiger partial charge in [0.2, 0.25) is 11.7 Å². The molecule has 5 N–H and O–H groups in total. The van der Waals surface area contributed by atoms with Crippen molar-refractivity contribution >= 4 is 22.9 Å². The van der Waals surface area contributed by atoms with Crippen molar-refractivity contribution in [2.75, 3.05) is 26.6 Å². The van der Waals surface area contributed by atoms with Crippen LogP contribution in [0.4, 0.5) is 5.95 Å². The van der Waals surface area contributed by atoms with E-state index in [2.05, 4.69) is 15.0 Å². The monoisotopic (exact) mass is 775 g/mol. The molecule has 7 rings (SSSR count). The van der Waals surface area contributed by atoms with Crippen LogP contribution in [-0.2, 0) is 19.9 Å². The number of aliphatic hydroxyl groups is 2. The smallest absolute Gasteiger partial charge is 0.280 e. The van der Waals surface area contributed by atoms with Crippen LogP contribution in [0.3, 0.4) is 0 Å². The number of benzene rings is 4. The SMILES string of the molecule is COc1ccc(C(OC(C(=O)COc2ccccc2)([C@H]2O[C@@H](n3cnc4c(=O)[nH]c(N)nc43)[C@H](O)[C@@H]2O)C(C)(C)C)(c2ccccc2)c2ccc(OC)cc2)cc1. The van der Waals surface area contributed by atoms with Gasteiger partial charge in [-0.25, -0.2) is 4.98 Å². The number of nitrogen functional groups attached to an aromatic ring is 1. The second-order valence-electron chi connectivity index (χ2n) is 14.8. The van der Waals surface area contributed by atoms with Crippen molar-refractivity contribution in [1.29, 1.82) is 0 Å². The number of aromatic amines is 1. The Labute approximate surface area is 328 Å². The number of hydrogen-bond acceptors (Lipinski definition) is 12. The predicted octanol–water partition coefficient (Wildman–Crippen LogP) is 4.78. The van der Waals surface area contributed by atoms with Crippen LogP contribution in [0.2, 0.25) is 0 Å². The highest BCUT2D eigenvalue weighted by molar-refractivity contribution is 5.91. The molecule has 0 amide bonds. The fourth-order valence-electron chi connectivity index (χ4n) is 7.64. The fraction of sp³-hybridized carbons (Fsp3) is 0.302. The van der Waals surface area contributed by atoms with Crippen molar-refractivity contribution in [3.05, 3.63) is 143 Å². The van der Waals surface area contributed by atoms with Crippen LogP contribution >= 0.6 is 0 Å². The number of imidazole rings is 1. The van der Waals surface area contributed by atoms with Gasteiger partial charge in [-0.05, 0) is 53.1 Å². The maximum atomic E-state index is 15.5. The summed E-state index contributed by atoms with van der Waals surface area (Å²) in [6.07, 6.45) is -5.12. The number of Topliss-reactive ketones (excluding diaryl/α,β-unsaturated/α-hetero) is 1. The number of carbonyl (C=O) groups is 1. The number of nitrogens with zero attached hydrogens (tertiary/aromatic N) is 3. The molecule has 296 valence electrons. The van der Waals surface area contributed by atoms with E-state index in [1.54, 1.807) is 83.5 Å². The Hall–Kier alpha value is -6.06. The molecule has 1 saturated heterocycles. The first-order valence-electron chi connectivity index (χ1n) is 18.3. The maximum Gasteiger partial charge on any atom is 0.280 e. The van der Waals surface area contributed by atoms with Crippen molar-refractivity contribution in [2.45, 2.75) is 56.5 Å². The van der Waals surface area contributed by atoms with E-state index in [-0.39, 0.29) is 17.1 Å². The summed E-state index contributed by atoms with van der Waals surface area (Å²) in [6, 6.07) is 32.8. The number of methoxy groups -OCH3 is 2. The first-order valence-corrected chi connectivity index (χ1v) is 18.3. The highest BCUT2D eigenvalue weighted by atomic mass is 16.6. The number of anilines is 1. The number of fused-ring (bicyclic) bond motifs is 1. The number of hydrogen-bond donors (Lipinski definition) is 4. The van der Waals surface area contributed by atoms with E-state index in [0.717, 1.165) is 0 Å². The van der Waals surface area contributed by atoms with Crippen molar-refractivity contribution < 1.29 is 38.7 Å². The zero-order valence-corrected chi connectivity index (χ0v) is 32.2. The molecule has 57 heavy (non-hydrogen) atoms. The van der Waals surface area contributed by atoms with E-state index in [9.17, 15) is 15.0 Å². The molecule has 1 aliphatic heterocycles. The summed E-state index contributed by atoms with van der Waals surface area (Å²) in [6.45, 7) is 4.90. The van der Waals surface area contributed by atoms with Gasteiger partial charge >= 0.3 is 0 Å². The van der Waals surface area contributed by atoms with Crippen molar-refractivity contribution in [1.82, 2.24) is 19.5 Å². The van der Waals surface area contributed by atoms with Crippen LogP contribution in [-0.4, -0.2) is 80.3 Å². The van der Waals surface area contributed by atoms with E-state index in [1.165, 1.54) is 10.9 Å². The molecule has 0 saturated carbocycles. The quantitative estimate of drug-likeness (QED) is 0.118. The average Bonchev–Trinajstić information content (AvgIpc) is 3.77. The fourth-order valence-corrected chi connectivity index (χ4v) is 7.64. The molecule has 2 aromatic heterocycles. The summed E-state index contributed by atoms with van der Waals surface area (Å²) in [5.41, 5.74) is 2.14. The average molecular weight is 776 g/mol. The number of aromatic nitrogens is 4. The van der Waals surface area contributed by atoms with Gasteiger partial charge in [0.1, 0.15) is 47.8 Å². The number of nitrogens with two attached hydrogens (primary N) is 1. The minimum absolute atomic E-state index is 0.00395. The lowest BCUT2D eigenvalue weighted by Crippen LogP contribution is -2.67. The lowest BCUT2D eigenvalue weighted by molar-refractivity contribution is -0.240. The molecule has 1 aliphatic rings. The zero-order chi connectivity index (χ0) is 40.5. The van der Waals surface area contributed by atoms with Gasteiger partial charge in [-0.3, -0.25) is 19.1 Å². The molecule has 14 nitrogen and oxygen atoms in total. The minimum atomic E-state index is -2.13. The summed E-state index contributed by atoms with van der Waals surface area (Å²) in [5, 5.41) is 24.1. The van der Waals surface area contributed by atoms with E-state index >= 15 is 4.79 Å². The van der Waals surface area contributed by atoms with Gasteiger partial charge in [0, 0.05) is 5.41 Å². The molecular formula is C43H45N5O9. The lowest BCUT2D eigenvalue weighted by Gasteiger charge is -2.52. The number of para-hydroxylation sites is 1. The predicted molar refractivity (Wildman–Crippen MR) is 211 cm³/mol. The van der Waals surface area contributed by atoms with Crippen LogP contribution in [0.15, 0.2) is 120 Å². The normalized spacial score (nSPS) is 19.6. The summed E-state index contributed by atoms with van der Waals surface area (Å²) in [5.74, 6) is 0.827. The second-order valence-corrected chi connectivity index (χ2v) is 14.8. The van der Waals surface area contributed by atoms with Crippen LogP contribution in [0, 0.1) is 5.41 Å². The molecule has 3 heterocycles. The molecule has 6 aromatic rings. The third-order valence-electron chi connectivity index (χ3n) is 10.5. The molecule has 1 unspecified atom stereocenters. The standard InChI is InChI=1S/C43H45N5O9/c1-41(2,3)43(32(49)24-55-31-14-10-7-11-15-31,36-34(50)35(51)39(56-36)48-25-45-33-37(48)46-40(44)47-38(33)52)57-42(26-12-8-6-9-13-26,27-16-20-29(53-4)21-17-27)28-18-22-30(54-5)23-19-28/h6-23,25,34-36,39,50-51H,24H2,1-5H3,(H3,44,46,47,52)/t34-,35+,36-,39+,43?/m0/s1. The second kappa shape index (κ2) is 15.5. The Kier molecular flexibility index (Phi) is 10.6. The van der Waals surface area contributed by atoms with E-state index in [1.807, 2.05) is 60.7 Å². The zero-order valence-electron chi connectivity index (χ0n) is 32.2. The van der Waals surface area contributed by atoms with Crippen LogP contribution in [0.25, 0.3) is 11.2 Å². The molecule has 14 heteroatoms. The number of ether oxygens (including phenoxy) is 5. The summed E-state index contributed by atoms with van der Waals surface area (Å²) >= 11 is 0. The Morgan fingerprint density at radius 1 is 0.807 bits per heavy atom. The van der Waals surface area contributed by atoms with Gasteiger partial charge in [-0.1, -0.05) is 93.6 Å². The van der Waals surface area contributed by atoms with Gasteiger partial charge in [0.25, 0.3) is 5.56 Å². The highest BCUT2D eigenvalue weighted by Crippen LogP contribution is 2.53. The molecule has 5 atom stereocenters. The summed E-state index contributed by atoms with van der Waals surface area (Å²) < 4.78 is 32.9. The Bertz CT molecular complexity index is 2330. The number of nitrogens with one attached hydrogen (secondary N) is 1. The number of H-pyrrole nitrogens is 1. The maximum absolute atomic E-state index is 15.5. The molecule has 4 aromatic carbocycles. The van der Waals surface area contributed by atoms with E-state index < -0.39 is 59.1 Å².